The van der Waals surface area contributed by atoms with Gasteiger partial charge >= 0.3 is 0 Å². The van der Waals surface area contributed by atoms with Crippen molar-refractivity contribution >= 4 is 49.1 Å². The van der Waals surface area contributed by atoms with Crippen molar-refractivity contribution in [2.75, 3.05) is 17.4 Å². The van der Waals surface area contributed by atoms with Crippen LogP contribution in [0.1, 0.15) is 5.56 Å². The molecule has 154 valence electrons. The fourth-order valence-corrected chi connectivity index (χ4v) is 5.59. The molecule has 0 radical (unpaired) electrons. The molecule has 1 heterocycles. The Morgan fingerprint density at radius 1 is 1.00 bits per heavy atom. The second-order valence-corrected chi connectivity index (χ2v) is 10.1. The topological polar surface area (TPSA) is 66.5 Å². The van der Waals surface area contributed by atoms with Gasteiger partial charge in [0.25, 0.3) is 10.0 Å². The van der Waals surface area contributed by atoms with Gasteiger partial charge in [-0.2, -0.15) is 0 Å². The summed E-state index contributed by atoms with van der Waals surface area (Å²) in [6.45, 7) is 0.115. The van der Waals surface area contributed by atoms with Crippen molar-refractivity contribution in [1.29, 1.82) is 0 Å². The number of carbonyl (C=O) groups is 1. The third-order valence-corrected chi connectivity index (χ3v) is 7.47. The number of amides is 1. The van der Waals surface area contributed by atoms with Gasteiger partial charge in [-0.25, -0.2) is 8.42 Å². The third-order valence-electron chi connectivity index (χ3n) is 4.91. The zero-order valence-electron chi connectivity index (χ0n) is 15.8. The maximum atomic E-state index is 13.2. The summed E-state index contributed by atoms with van der Waals surface area (Å²) in [7, 11) is -3.84. The van der Waals surface area contributed by atoms with Crippen LogP contribution in [0.3, 0.4) is 0 Å². The first-order valence-electron chi connectivity index (χ1n) is 9.29. The lowest BCUT2D eigenvalue weighted by Crippen LogP contribution is -2.43. The van der Waals surface area contributed by atoms with Gasteiger partial charge in [0, 0.05) is 27.2 Å². The molecule has 0 fully saturated rings. The zero-order chi connectivity index (χ0) is 21.3. The Morgan fingerprint density at radius 3 is 2.50 bits per heavy atom. The summed E-state index contributed by atoms with van der Waals surface area (Å²) in [5.41, 5.74) is 2.93. The second kappa shape index (κ2) is 8.41. The minimum absolute atomic E-state index is 0.199. The summed E-state index contributed by atoms with van der Waals surface area (Å²) >= 11 is 9.33. The number of carbonyl (C=O) groups excluding carboxylic acids is 1. The number of benzene rings is 3. The highest BCUT2D eigenvalue weighted by atomic mass is 79.9. The standard InChI is InChI=1S/C22H18BrClN2O3S/c23-16-7-10-20-19(13-16)18-3-1-2-4-21(18)30(28,29)26(20)14-22(27)25-12-11-15-5-8-17(24)9-6-15/h1-10,13H,11-12,14H2,(H,25,27). The molecule has 0 bridgehead atoms. The molecule has 0 aliphatic carbocycles. The molecule has 0 saturated carbocycles. The summed E-state index contributed by atoms with van der Waals surface area (Å²) in [4.78, 5) is 12.8. The van der Waals surface area contributed by atoms with E-state index in [1.165, 1.54) is 4.31 Å². The average Bonchev–Trinajstić information content (AvgIpc) is 2.73. The highest BCUT2D eigenvalue weighted by Gasteiger charge is 2.35. The van der Waals surface area contributed by atoms with Crippen LogP contribution in [-0.2, 0) is 21.2 Å². The molecule has 1 aliphatic rings. The van der Waals surface area contributed by atoms with Gasteiger partial charge in [-0.15, -0.1) is 0 Å². The van der Waals surface area contributed by atoms with Gasteiger partial charge in [-0.05, 0) is 48.4 Å². The van der Waals surface area contributed by atoms with Crippen LogP contribution in [-0.4, -0.2) is 27.4 Å². The maximum Gasteiger partial charge on any atom is 0.265 e. The molecule has 8 heteroatoms. The van der Waals surface area contributed by atoms with E-state index >= 15 is 0 Å². The van der Waals surface area contributed by atoms with E-state index in [2.05, 4.69) is 21.2 Å². The first-order chi connectivity index (χ1) is 14.4. The van der Waals surface area contributed by atoms with Crippen molar-refractivity contribution in [2.24, 2.45) is 0 Å². The van der Waals surface area contributed by atoms with E-state index in [9.17, 15) is 13.2 Å². The van der Waals surface area contributed by atoms with Crippen LogP contribution in [0.5, 0.6) is 0 Å². The molecule has 1 N–H and O–H groups in total. The van der Waals surface area contributed by atoms with Crippen LogP contribution < -0.4 is 9.62 Å². The fraction of sp³-hybridized carbons (Fsp3) is 0.136. The molecule has 0 spiro atoms. The van der Waals surface area contributed by atoms with Crippen LogP contribution >= 0.6 is 27.5 Å². The number of nitrogens with zero attached hydrogens (tertiary/aromatic N) is 1. The SMILES string of the molecule is O=C(CN1c2ccc(Br)cc2-c2ccccc2S1(=O)=O)NCCc1ccc(Cl)cc1. The maximum absolute atomic E-state index is 13.2. The number of anilines is 1. The number of fused-ring (bicyclic) bond motifs is 3. The summed E-state index contributed by atoms with van der Waals surface area (Å²) < 4.78 is 28.5. The molecule has 4 rings (SSSR count). The minimum Gasteiger partial charge on any atom is -0.354 e. The van der Waals surface area contributed by atoms with Gasteiger partial charge in [-0.1, -0.05) is 57.9 Å². The van der Waals surface area contributed by atoms with Crippen molar-refractivity contribution in [3.05, 3.63) is 81.8 Å². The molecule has 3 aromatic carbocycles. The monoisotopic (exact) mass is 504 g/mol. The largest absolute Gasteiger partial charge is 0.354 e. The fourth-order valence-electron chi connectivity index (χ4n) is 3.46. The van der Waals surface area contributed by atoms with Crippen LogP contribution in [0, 0.1) is 0 Å². The number of hydrogen-bond donors (Lipinski definition) is 1. The summed E-state index contributed by atoms with van der Waals surface area (Å²) in [6, 6.07) is 19.6. The van der Waals surface area contributed by atoms with Gasteiger partial charge in [0.1, 0.15) is 6.54 Å². The number of rotatable bonds is 5. The average molecular weight is 506 g/mol. The van der Waals surface area contributed by atoms with Crippen molar-refractivity contribution in [2.45, 2.75) is 11.3 Å². The highest BCUT2D eigenvalue weighted by molar-refractivity contribution is 9.10. The van der Waals surface area contributed by atoms with E-state index in [0.717, 1.165) is 15.6 Å². The van der Waals surface area contributed by atoms with Crippen LogP contribution in [0.25, 0.3) is 11.1 Å². The molecule has 0 aromatic heterocycles. The van der Waals surface area contributed by atoms with Crippen LogP contribution in [0.4, 0.5) is 5.69 Å². The second-order valence-electron chi connectivity index (χ2n) is 6.90. The van der Waals surface area contributed by atoms with Crippen molar-refractivity contribution in [3.8, 4) is 11.1 Å². The zero-order valence-corrected chi connectivity index (χ0v) is 19.0. The van der Waals surface area contributed by atoms with Gasteiger partial charge in [0.2, 0.25) is 5.91 Å². The molecule has 0 atom stereocenters. The predicted molar refractivity (Wildman–Crippen MR) is 122 cm³/mol. The molecule has 1 amide bonds. The van der Waals surface area contributed by atoms with E-state index in [1.54, 1.807) is 48.5 Å². The Hall–Kier alpha value is -2.35. The quantitative estimate of drug-likeness (QED) is 0.549. The lowest BCUT2D eigenvalue weighted by atomic mass is 10.0. The van der Waals surface area contributed by atoms with E-state index in [0.29, 0.717) is 29.2 Å². The number of hydrogen-bond acceptors (Lipinski definition) is 3. The lowest BCUT2D eigenvalue weighted by Gasteiger charge is -2.31. The van der Waals surface area contributed by atoms with Gasteiger partial charge in [0.15, 0.2) is 0 Å². The van der Waals surface area contributed by atoms with Crippen molar-refractivity contribution < 1.29 is 13.2 Å². The summed E-state index contributed by atoms with van der Waals surface area (Å²) in [5.74, 6) is -0.360. The Kier molecular flexibility index (Phi) is 5.86. The molecule has 0 saturated heterocycles. The van der Waals surface area contributed by atoms with E-state index in [1.807, 2.05) is 18.2 Å². The number of sulfonamides is 1. The predicted octanol–water partition coefficient (Wildman–Crippen LogP) is 4.64. The molecule has 0 unspecified atom stereocenters. The lowest BCUT2D eigenvalue weighted by molar-refractivity contribution is -0.119. The summed E-state index contributed by atoms with van der Waals surface area (Å²) in [5, 5.41) is 3.47. The van der Waals surface area contributed by atoms with Gasteiger partial charge < -0.3 is 5.32 Å². The smallest absolute Gasteiger partial charge is 0.265 e. The van der Waals surface area contributed by atoms with E-state index < -0.39 is 10.0 Å². The first-order valence-corrected chi connectivity index (χ1v) is 11.9. The number of halogens is 2. The molecule has 30 heavy (non-hydrogen) atoms. The van der Waals surface area contributed by atoms with Crippen LogP contribution in [0.15, 0.2) is 76.1 Å². The van der Waals surface area contributed by atoms with Crippen molar-refractivity contribution in [1.82, 2.24) is 5.32 Å². The van der Waals surface area contributed by atoms with E-state index in [-0.39, 0.29) is 17.3 Å². The molecule has 1 aliphatic heterocycles. The minimum atomic E-state index is -3.84. The number of nitrogens with one attached hydrogen (secondary N) is 1. The van der Waals surface area contributed by atoms with Crippen LogP contribution in [0.2, 0.25) is 5.02 Å². The van der Waals surface area contributed by atoms with E-state index in [4.69, 9.17) is 11.6 Å². The molecular formula is C22H18BrClN2O3S. The molecule has 5 nitrogen and oxygen atoms in total. The Bertz CT molecular complexity index is 1210. The third kappa shape index (κ3) is 4.10. The summed E-state index contributed by atoms with van der Waals surface area (Å²) in [6.07, 6.45) is 0.627. The molecule has 3 aromatic rings. The van der Waals surface area contributed by atoms with Gasteiger partial charge in [0.05, 0.1) is 10.6 Å². The van der Waals surface area contributed by atoms with Gasteiger partial charge in [-0.3, -0.25) is 9.10 Å². The first kappa shape index (κ1) is 20.9. The Balaban J connectivity index is 1.55. The Labute approximate surface area is 188 Å². The Morgan fingerprint density at radius 2 is 1.73 bits per heavy atom. The highest BCUT2D eigenvalue weighted by Crippen LogP contribution is 2.43. The van der Waals surface area contributed by atoms with Crippen molar-refractivity contribution in [3.63, 3.8) is 0 Å². The molecular weight excluding hydrogens is 488 g/mol. The normalized spacial score (nSPS) is 14.0.